The first-order valence-corrected chi connectivity index (χ1v) is 9.17. The smallest absolute Gasteiger partial charge is 0.107 e. The number of hydrogen-bond acceptors (Lipinski definition) is 2. The third-order valence-electron chi connectivity index (χ3n) is 7.93. The van der Waals surface area contributed by atoms with Crippen molar-refractivity contribution in [3.05, 3.63) is 23.7 Å². The molecule has 0 radical (unpaired) electrons. The Morgan fingerprint density at radius 2 is 2.09 bits per heavy atom. The molecule has 2 fully saturated rings. The highest BCUT2D eigenvalue weighted by Crippen LogP contribution is 2.64. The van der Waals surface area contributed by atoms with Gasteiger partial charge in [-0.25, -0.2) is 0 Å². The van der Waals surface area contributed by atoms with Crippen LogP contribution in [-0.2, 0) is 6.42 Å². The second kappa shape index (κ2) is 4.87. The quantitative estimate of drug-likeness (QED) is 0.810. The summed E-state index contributed by atoms with van der Waals surface area (Å²) in [5.41, 5.74) is 1.96. The standard InChI is InChI=1S/C20H30O2/c1-13-14-5-6-18-19(2,12-21)8-4-9-20(18,3)16(14)11-17-15(13)7-10-22-17/h7,10,13-14,16,18,21H,4-6,8-9,11-12H2,1-3H3. The average Bonchev–Trinajstić information content (AvgIpc) is 2.97. The number of furan rings is 1. The Morgan fingerprint density at radius 3 is 2.86 bits per heavy atom. The van der Waals surface area contributed by atoms with Crippen molar-refractivity contribution in [2.24, 2.45) is 28.6 Å². The van der Waals surface area contributed by atoms with Gasteiger partial charge in [0.05, 0.1) is 6.26 Å². The Balaban J connectivity index is 1.74. The van der Waals surface area contributed by atoms with Gasteiger partial charge in [-0.05, 0) is 71.8 Å². The van der Waals surface area contributed by atoms with Gasteiger partial charge in [0.1, 0.15) is 5.76 Å². The highest BCUT2D eigenvalue weighted by molar-refractivity contribution is 5.28. The minimum absolute atomic E-state index is 0.130. The van der Waals surface area contributed by atoms with Gasteiger partial charge >= 0.3 is 0 Å². The Kier molecular flexibility index (Phi) is 3.28. The zero-order chi connectivity index (χ0) is 15.5. The summed E-state index contributed by atoms with van der Waals surface area (Å²) in [5.74, 6) is 4.07. The molecule has 2 nitrogen and oxygen atoms in total. The summed E-state index contributed by atoms with van der Waals surface area (Å²) in [5, 5.41) is 10.1. The largest absolute Gasteiger partial charge is 0.469 e. The summed E-state index contributed by atoms with van der Waals surface area (Å²) in [6, 6.07) is 2.20. The van der Waals surface area contributed by atoms with Crippen LogP contribution in [0.15, 0.2) is 16.7 Å². The van der Waals surface area contributed by atoms with Crippen LogP contribution < -0.4 is 0 Å². The number of fused-ring (bicyclic) bond motifs is 4. The average molecular weight is 302 g/mol. The third kappa shape index (κ3) is 1.82. The van der Waals surface area contributed by atoms with Gasteiger partial charge in [0.25, 0.3) is 0 Å². The number of aliphatic hydroxyl groups is 1. The minimum atomic E-state index is 0.130. The molecular formula is C20H30O2. The van der Waals surface area contributed by atoms with Crippen molar-refractivity contribution < 1.29 is 9.52 Å². The molecule has 2 heteroatoms. The van der Waals surface area contributed by atoms with Gasteiger partial charge < -0.3 is 9.52 Å². The molecule has 0 amide bonds. The Labute approximate surface area is 134 Å². The SMILES string of the molecule is CC1c2ccoc2CC2C1CCC1C(C)(CO)CCCC21C. The fourth-order valence-electron chi connectivity index (χ4n) is 6.71. The topological polar surface area (TPSA) is 33.4 Å². The van der Waals surface area contributed by atoms with Crippen LogP contribution in [0.4, 0.5) is 0 Å². The zero-order valence-electron chi connectivity index (χ0n) is 14.3. The van der Waals surface area contributed by atoms with Gasteiger partial charge in [-0.15, -0.1) is 0 Å². The van der Waals surface area contributed by atoms with Gasteiger partial charge in [0.2, 0.25) is 0 Å². The molecule has 0 aromatic carbocycles. The van der Waals surface area contributed by atoms with Crippen LogP contribution in [-0.4, -0.2) is 11.7 Å². The summed E-state index contributed by atoms with van der Waals surface area (Å²) < 4.78 is 5.83. The predicted octanol–water partition coefficient (Wildman–Crippen LogP) is 4.77. The summed E-state index contributed by atoms with van der Waals surface area (Å²) in [6.07, 6.45) is 9.42. The molecule has 6 unspecified atom stereocenters. The van der Waals surface area contributed by atoms with Gasteiger partial charge in [0, 0.05) is 13.0 Å². The summed E-state index contributed by atoms with van der Waals surface area (Å²) in [6.45, 7) is 7.62. The number of aliphatic hydroxyl groups excluding tert-OH is 1. The zero-order valence-corrected chi connectivity index (χ0v) is 14.3. The van der Waals surface area contributed by atoms with E-state index < -0.39 is 0 Å². The maximum absolute atomic E-state index is 10.1. The molecule has 0 bridgehead atoms. The molecule has 2 saturated carbocycles. The second-order valence-corrected chi connectivity index (χ2v) is 8.86. The molecule has 1 aromatic heterocycles. The molecule has 1 heterocycles. The molecule has 22 heavy (non-hydrogen) atoms. The molecule has 3 aliphatic carbocycles. The monoisotopic (exact) mass is 302 g/mol. The lowest BCUT2D eigenvalue weighted by molar-refractivity contribution is -0.126. The minimum Gasteiger partial charge on any atom is -0.469 e. The van der Waals surface area contributed by atoms with Gasteiger partial charge in [0.15, 0.2) is 0 Å². The van der Waals surface area contributed by atoms with E-state index in [1.54, 1.807) is 0 Å². The maximum Gasteiger partial charge on any atom is 0.107 e. The summed E-state index contributed by atoms with van der Waals surface area (Å²) in [7, 11) is 0. The molecule has 1 N–H and O–H groups in total. The van der Waals surface area contributed by atoms with Crippen LogP contribution in [0.2, 0.25) is 0 Å². The Bertz CT molecular complexity index is 562. The lowest BCUT2D eigenvalue weighted by Crippen LogP contribution is -2.55. The van der Waals surface area contributed by atoms with Crippen molar-refractivity contribution in [1.29, 1.82) is 0 Å². The molecule has 122 valence electrons. The highest BCUT2D eigenvalue weighted by atomic mass is 16.3. The Morgan fingerprint density at radius 1 is 1.27 bits per heavy atom. The molecular weight excluding hydrogens is 272 g/mol. The maximum atomic E-state index is 10.1. The van der Waals surface area contributed by atoms with Crippen molar-refractivity contribution >= 4 is 0 Å². The van der Waals surface area contributed by atoms with Crippen LogP contribution in [0, 0.1) is 28.6 Å². The van der Waals surface area contributed by atoms with Crippen molar-refractivity contribution in [3.63, 3.8) is 0 Å². The van der Waals surface area contributed by atoms with Gasteiger partial charge in [-0.1, -0.05) is 27.2 Å². The van der Waals surface area contributed by atoms with E-state index in [2.05, 4.69) is 26.8 Å². The van der Waals surface area contributed by atoms with E-state index in [1.807, 2.05) is 6.26 Å². The summed E-state index contributed by atoms with van der Waals surface area (Å²) in [4.78, 5) is 0. The highest BCUT2D eigenvalue weighted by Gasteiger charge is 2.57. The van der Waals surface area contributed by atoms with E-state index in [-0.39, 0.29) is 5.41 Å². The lowest BCUT2D eigenvalue weighted by atomic mass is 9.43. The van der Waals surface area contributed by atoms with Gasteiger partial charge in [-0.2, -0.15) is 0 Å². The normalized spacial score (nSPS) is 47.5. The fourth-order valence-corrected chi connectivity index (χ4v) is 6.71. The van der Waals surface area contributed by atoms with E-state index in [4.69, 9.17) is 4.42 Å². The van der Waals surface area contributed by atoms with E-state index in [9.17, 15) is 5.11 Å². The second-order valence-electron chi connectivity index (χ2n) is 8.86. The summed E-state index contributed by atoms with van der Waals surface area (Å²) >= 11 is 0. The third-order valence-corrected chi connectivity index (χ3v) is 7.93. The molecule has 1 aromatic rings. The molecule has 3 aliphatic rings. The van der Waals surface area contributed by atoms with E-state index >= 15 is 0 Å². The van der Waals surface area contributed by atoms with Crippen molar-refractivity contribution in [3.8, 4) is 0 Å². The number of rotatable bonds is 1. The van der Waals surface area contributed by atoms with Crippen LogP contribution in [0.3, 0.4) is 0 Å². The number of hydrogen-bond donors (Lipinski definition) is 1. The first-order valence-electron chi connectivity index (χ1n) is 9.17. The fraction of sp³-hybridized carbons (Fsp3) is 0.800. The predicted molar refractivity (Wildman–Crippen MR) is 87.7 cm³/mol. The first kappa shape index (κ1) is 14.8. The molecule has 0 saturated heterocycles. The van der Waals surface area contributed by atoms with E-state index in [0.717, 1.165) is 18.3 Å². The Hall–Kier alpha value is -0.760. The van der Waals surface area contributed by atoms with Crippen molar-refractivity contribution in [1.82, 2.24) is 0 Å². The molecule has 4 rings (SSSR count). The van der Waals surface area contributed by atoms with Crippen LogP contribution in [0.1, 0.15) is 70.1 Å². The van der Waals surface area contributed by atoms with Crippen LogP contribution in [0.5, 0.6) is 0 Å². The molecule has 0 spiro atoms. The van der Waals surface area contributed by atoms with Gasteiger partial charge in [-0.3, -0.25) is 0 Å². The van der Waals surface area contributed by atoms with Crippen molar-refractivity contribution in [2.75, 3.05) is 6.61 Å². The van der Waals surface area contributed by atoms with Crippen LogP contribution >= 0.6 is 0 Å². The van der Waals surface area contributed by atoms with E-state index in [1.165, 1.54) is 43.4 Å². The van der Waals surface area contributed by atoms with E-state index in [0.29, 0.717) is 23.9 Å². The van der Waals surface area contributed by atoms with Crippen LogP contribution in [0.25, 0.3) is 0 Å². The molecule has 0 aliphatic heterocycles. The first-order chi connectivity index (χ1) is 10.5. The molecule has 6 atom stereocenters. The lowest BCUT2D eigenvalue weighted by Gasteiger charge is -2.61. The van der Waals surface area contributed by atoms with Crippen molar-refractivity contribution in [2.45, 2.75) is 65.2 Å².